The van der Waals surface area contributed by atoms with Gasteiger partial charge in [-0.1, -0.05) is 13.8 Å². The Morgan fingerprint density at radius 3 is 2.52 bits per heavy atom. The summed E-state index contributed by atoms with van der Waals surface area (Å²) in [5.74, 6) is 0.643. The van der Waals surface area contributed by atoms with Crippen molar-refractivity contribution in [2.45, 2.75) is 44.9 Å². The van der Waals surface area contributed by atoms with Crippen LogP contribution in [0.15, 0.2) is 10.7 Å². The normalized spacial score (nSPS) is 26.5. The molecule has 0 saturated heterocycles. The molecule has 1 amide bonds. The van der Waals surface area contributed by atoms with E-state index in [9.17, 15) is 13.2 Å². The van der Waals surface area contributed by atoms with E-state index in [0.717, 1.165) is 19.1 Å². The molecule has 2 rings (SSSR count). The number of rotatable bonds is 4. The minimum atomic E-state index is -3.22. The zero-order valence-electron chi connectivity index (χ0n) is 12.6. The van der Waals surface area contributed by atoms with Gasteiger partial charge in [-0.05, 0) is 31.1 Å². The molecule has 1 N–H and O–H groups in total. The summed E-state index contributed by atoms with van der Waals surface area (Å²) < 4.78 is 27.4. The van der Waals surface area contributed by atoms with Crippen LogP contribution in [0.4, 0.5) is 0 Å². The first kappa shape index (κ1) is 16.0. The number of amides is 1. The highest BCUT2D eigenvalue weighted by Gasteiger charge is 2.26. The van der Waals surface area contributed by atoms with Crippen molar-refractivity contribution in [3.8, 4) is 0 Å². The molecule has 1 heterocycles. The molecule has 118 valence electrons. The summed E-state index contributed by atoms with van der Waals surface area (Å²) >= 11 is 0. The molecule has 7 heteroatoms. The maximum absolute atomic E-state index is 12.1. The Labute approximate surface area is 125 Å². The number of aromatic nitrogens is 1. The summed E-state index contributed by atoms with van der Waals surface area (Å²) in [4.78, 5) is 16.1. The molecule has 1 saturated carbocycles. The molecule has 1 aliphatic carbocycles. The van der Waals surface area contributed by atoms with E-state index < -0.39 is 9.84 Å². The van der Waals surface area contributed by atoms with Gasteiger partial charge in [0.25, 0.3) is 5.91 Å². The van der Waals surface area contributed by atoms with Crippen LogP contribution in [-0.2, 0) is 15.6 Å². The second-order valence-corrected chi connectivity index (χ2v) is 8.42. The van der Waals surface area contributed by atoms with Gasteiger partial charge in [-0.15, -0.1) is 0 Å². The highest BCUT2D eigenvalue weighted by atomic mass is 32.2. The third-order valence-corrected chi connectivity index (χ3v) is 4.46. The van der Waals surface area contributed by atoms with Gasteiger partial charge in [0.05, 0.1) is 0 Å². The van der Waals surface area contributed by atoms with E-state index in [0.29, 0.717) is 11.8 Å². The first-order valence-electron chi connectivity index (χ1n) is 7.16. The third-order valence-electron chi connectivity index (χ3n) is 3.68. The van der Waals surface area contributed by atoms with E-state index in [1.165, 1.54) is 12.7 Å². The average Bonchev–Trinajstić information content (AvgIpc) is 2.73. The maximum atomic E-state index is 12.1. The van der Waals surface area contributed by atoms with E-state index in [-0.39, 0.29) is 29.3 Å². The number of oxazole rings is 1. The number of hydrogen-bond acceptors (Lipinski definition) is 5. The average molecular weight is 314 g/mol. The van der Waals surface area contributed by atoms with Crippen molar-refractivity contribution in [1.29, 1.82) is 0 Å². The topological polar surface area (TPSA) is 89.3 Å². The van der Waals surface area contributed by atoms with E-state index >= 15 is 0 Å². The lowest BCUT2D eigenvalue weighted by Crippen LogP contribution is -2.40. The van der Waals surface area contributed by atoms with Crippen molar-refractivity contribution in [2.75, 3.05) is 6.26 Å². The van der Waals surface area contributed by atoms with Crippen LogP contribution < -0.4 is 5.32 Å². The molecule has 0 spiro atoms. The molecule has 1 fully saturated rings. The van der Waals surface area contributed by atoms with Gasteiger partial charge in [0.2, 0.25) is 5.89 Å². The molecule has 0 bridgehead atoms. The van der Waals surface area contributed by atoms with Crippen LogP contribution in [0.5, 0.6) is 0 Å². The van der Waals surface area contributed by atoms with Crippen molar-refractivity contribution in [3.63, 3.8) is 0 Å². The Morgan fingerprint density at radius 2 is 1.95 bits per heavy atom. The summed E-state index contributed by atoms with van der Waals surface area (Å²) in [6.45, 7) is 4.38. The van der Waals surface area contributed by atoms with E-state index in [2.05, 4.69) is 24.1 Å². The van der Waals surface area contributed by atoms with Crippen LogP contribution >= 0.6 is 0 Å². The molecule has 6 nitrogen and oxygen atoms in total. The fourth-order valence-corrected chi connectivity index (χ4v) is 3.61. The lowest BCUT2D eigenvalue weighted by Gasteiger charge is -2.31. The van der Waals surface area contributed by atoms with Gasteiger partial charge in [-0.2, -0.15) is 0 Å². The second kappa shape index (κ2) is 6.17. The van der Waals surface area contributed by atoms with Crippen LogP contribution in [0.3, 0.4) is 0 Å². The van der Waals surface area contributed by atoms with Crippen LogP contribution in [0, 0.1) is 11.8 Å². The SMILES string of the molecule is CC1CC(C)CC(NC(=O)c2coc(CS(C)(=O)=O)n2)C1. The van der Waals surface area contributed by atoms with Crippen molar-refractivity contribution >= 4 is 15.7 Å². The van der Waals surface area contributed by atoms with Crippen LogP contribution in [0.1, 0.15) is 49.5 Å². The minimum Gasteiger partial charge on any atom is -0.447 e. The van der Waals surface area contributed by atoms with Gasteiger partial charge >= 0.3 is 0 Å². The molecule has 0 aliphatic heterocycles. The number of carbonyl (C=O) groups is 1. The number of sulfone groups is 1. The van der Waals surface area contributed by atoms with Gasteiger partial charge in [0.15, 0.2) is 15.5 Å². The Hall–Kier alpha value is -1.37. The lowest BCUT2D eigenvalue weighted by molar-refractivity contribution is 0.0906. The van der Waals surface area contributed by atoms with Crippen molar-refractivity contribution in [2.24, 2.45) is 11.8 Å². The summed E-state index contributed by atoms with van der Waals surface area (Å²) in [5.41, 5.74) is 0.138. The number of nitrogens with one attached hydrogen (secondary N) is 1. The molecule has 0 aromatic carbocycles. The first-order valence-corrected chi connectivity index (χ1v) is 9.22. The van der Waals surface area contributed by atoms with E-state index in [1.807, 2.05) is 0 Å². The standard InChI is InChI=1S/C14H22N2O4S/c1-9-4-10(2)6-11(5-9)15-14(17)12-7-20-13(16-12)8-21(3,18)19/h7,9-11H,4-6,8H2,1-3H3,(H,15,17). The van der Waals surface area contributed by atoms with Crippen molar-refractivity contribution < 1.29 is 17.6 Å². The van der Waals surface area contributed by atoms with Gasteiger partial charge in [-0.25, -0.2) is 13.4 Å². The van der Waals surface area contributed by atoms with Gasteiger partial charge in [-0.3, -0.25) is 4.79 Å². The Balaban J connectivity index is 1.97. The number of nitrogens with zero attached hydrogens (tertiary/aromatic N) is 1. The molecule has 0 radical (unpaired) electrons. The fraction of sp³-hybridized carbons (Fsp3) is 0.714. The van der Waals surface area contributed by atoms with E-state index in [1.54, 1.807) is 0 Å². The van der Waals surface area contributed by atoms with Crippen molar-refractivity contribution in [3.05, 3.63) is 17.8 Å². The Morgan fingerprint density at radius 1 is 1.33 bits per heavy atom. The molecule has 1 aliphatic rings. The number of hydrogen-bond donors (Lipinski definition) is 1. The molecular weight excluding hydrogens is 292 g/mol. The highest BCUT2D eigenvalue weighted by Crippen LogP contribution is 2.28. The first-order chi connectivity index (χ1) is 9.73. The Bertz CT molecular complexity index is 598. The summed E-state index contributed by atoms with van der Waals surface area (Å²) in [6.07, 6.45) is 5.43. The highest BCUT2D eigenvalue weighted by molar-refractivity contribution is 7.89. The molecule has 2 unspecified atom stereocenters. The summed E-state index contributed by atoms with van der Waals surface area (Å²) in [6, 6.07) is 0.145. The molecule has 2 atom stereocenters. The zero-order valence-corrected chi connectivity index (χ0v) is 13.4. The van der Waals surface area contributed by atoms with Crippen LogP contribution in [0.25, 0.3) is 0 Å². The number of carbonyl (C=O) groups excluding carboxylic acids is 1. The van der Waals surface area contributed by atoms with E-state index in [4.69, 9.17) is 4.42 Å². The lowest BCUT2D eigenvalue weighted by atomic mass is 9.80. The molecule has 21 heavy (non-hydrogen) atoms. The van der Waals surface area contributed by atoms with Crippen LogP contribution in [0.2, 0.25) is 0 Å². The van der Waals surface area contributed by atoms with Gasteiger partial charge in [0, 0.05) is 12.3 Å². The third kappa shape index (κ3) is 4.84. The second-order valence-electron chi connectivity index (χ2n) is 6.28. The smallest absolute Gasteiger partial charge is 0.273 e. The monoisotopic (exact) mass is 314 g/mol. The largest absolute Gasteiger partial charge is 0.447 e. The molecular formula is C14H22N2O4S. The minimum absolute atomic E-state index is 0.0491. The maximum Gasteiger partial charge on any atom is 0.273 e. The zero-order chi connectivity index (χ0) is 15.6. The fourth-order valence-electron chi connectivity index (χ4n) is 3.03. The van der Waals surface area contributed by atoms with Gasteiger partial charge < -0.3 is 9.73 Å². The van der Waals surface area contributed by atoms with Crippen molar-refractivity contribution in [1.82, 2.24) is 10.3 Å². The summed E-state index contributed by atoms with van der Waals surface area (Å²) in [5, 5.41) is 2.96. The summed E-state index contributed by atoms with van der Waals surface area (Å²) in [7, 11) is -3.22. The Kier molecular flexibility index (Phi) is 4.70. The van der Waals surface area contributed by atoms with Crippen LogP contribution in [-0.4, -0.2) is 31.6 Å². The van der Waals surface area contributed by atoms with Gasteiger partial charge in [0.1, 0.15) is 12.0 Å². The predicted octanol–water partition coefficient (Wildman–Crippen LogP) is 1.77. The molecule has 1 aromatic rings. The predicted molar refractivity (Wildman–Crippen MR) is 78.5 cm³/mol. The quantitative estimate of drug-likeness (QED) is 0.915. The molecule has 1 aromatic heterocycles.